The molecule has 2 heterocycles. The number of hydrogen-bond donors (Lipinski definition) is 2. The van der Waals surface area contributed by atoms with Crippen molar-refractivity contribution in [1.29, 1.82) is 0 Å². The van der Waals surface area contributed by atoms with E-state index in [-0.39, 0.29) is 17.5 Å². The van der Waals surface area contributed by atoms with Crippen LogP contribution in [0.1, 0.15) is 37.5 Å². The van der Waals surface area contributed by atoms with E-state index in [1.807, 2.05) is 32.9 Å². The monoisotopic (exact) mass is 377 g/mol. The van der Waals surface area contributed by atoms with Crippen LogP contribution >= 0.6 is 0 Å². The molecule has 1 aliphatic heterocycles. The highest BCUT2D eigenvalue weighted by molar-refractivity contribution is 6.07. The first-order valence-corrected chi connectivity index (χ1v) is 9.04. The number of nitrogens with zero attached hydrogens (tertiary/aromatic N) is 1. The standard InChI is InChI=1S/C22H23N3O3/c1-15-6-5-13-25(18(15)26)14-22(19(27)23-20(28)24-22)17-9-7-16(8-10-17)11-12-21(2,3)4/h5-10,13H,14H2,1-4H3,(H2,23,24,27,28). The number of aryl methyl sites for hydroxylation is 1. The topological polar surface area (TPSA) is 80.2 Å². The van der Waals surface area contributed by atoms with E-state index in [2.05, 4.69) is 22.5 Å². The molecule has 1 unspecified atom stereocenters. The van der Waals surface area contributed by atoms with Crippen LogP contribution in [0, 0.1) is 24.2 Å². The van der Waals surface area contributed by atoms with Crippen LogP contribution in [-0.2, 0) is 16.9 Å². The van der Waals surface area contributed by atoms with Gasteiger partial charge in [-0.3, -0.25) is 14.9 Å². The van der Waals surface area contributed by atoms with Gasteiger partial charge >= 0.3 is 6.03 Å². The van der Waals surface area contributed by atoms with Crippen LogP contribution in [0.4, 0.5) is 4.79 Å². The second-order valence-electron chi connectivity index (χ2n) is 8.02. The predicted molar refractivity (Wildman–Crippen MR) is 107 cm³/mol. The smallest absolute Gasteiger partial charge is 0.318 e. The minimum atomic E-state index is -1.36. The van der Waals surface area contributed by atoms with Crippen LogP contribution in [0.2, 0.25) is 0 Å². The van der Waals surface area contributed by atoms with Gasteiger partial charge in [0.1, 0.15) is 0 Å². The Kier molecular flexibility index (Phi) is 4.86. The summed E-state index contributed by atoms with van der Waals surface area (Å²) in [5.74, 6) is 5.78. The Morgan fingerprint density at radius 1 is 1.07 bits per heavy atom. The molecule has 0 spiro atoms. The van der Waals surface area contributed by atoms with E-state index in [0.717, 1.165) is 5.56 Å². The van der Waals surface area contributed by atoms with Gasteiger partial charge in [0.2, 0.25) is 0 Å². The maximum atomic E-state index is 12.7. The number of benzene rings is 1. The lowest BCUT2D eigenvalue weighted by atomic mass is 9.88. The Labute approximate surface area is 164 Å². The average Bonchev–Trinajstić information content (AvgIpc) is 2.91. The number of hydrogen-bond acceptors (Lipinski definition) is 3. The lowest BCUT2D eigenvalue weighted by molar-refractivity contribution is -0.124. The minimum Gasteiger partial charge on any atom is -0.318 e. The lowest BCUT2D eigenvalue weighted by Gasteiger charge is -2.27. The van der Waals surface area contributed by atoms with Gasteiger partial charge < -0.3 is 9.88 Å². The zero-order valence-electron chi connectivity index (χ0n) is 16.4. The second-order valence-corrected chi connectivity index (χ2v) is 8.02. The Morgan fingerprint density at radius 2 is 1.75 bits per heavy atom. The van der Waals surface area contributed by atoms with E-state index < -0.39 is 17.5 Å². The molecule has 28 heavy (non-hydrogen) atoms. The summed E-state index contributed by atoms with van der Waals surface area (Å²) in [6.07, 6.45) is 1.61. The van der Waals surface area contributed by atoms with Crippen molar-refractivity contribution in [3.63, 3.8) is 0 Å². The summed E-state index contributed by atoms with van der Waals surface area (Å²) in [6, 6.07) is 10.0. The van der Waals surface area contributed by atoms with Crippen LogP contribution in [0.5, 0.6) is 0 Å². The number of carbonyl (C=O) groups excluding carboxylic acids is 2. The van der Waals surface area contributed by atoms with Gasteiger partial charge in [0, 0.05) is 22.7 Å². The van der Waals surface area contributed by atoms with Gasteiger partial charge in [0.05, 0.1) is 6.54 Å². The zero-order chi connectivity index (χ0) is 20.5. The molecular formula is C22H23N3O3. The molecule has 6 heteroatoms. The van der Waals surface area contributed by atoms with E-state index in [1.54, 1.807) is 37.4 Å². The Balaban J connectivity index is 2.03. The number of nitrogens with one attached hydrogen (secondary N) is 2. The van der Waals surface area contributed by atoms with E-state index >= 15 is 0 Å². The number of aromatic nitrogens is 1. The van der Waals surface area contributed by atoms with E-state index in [9.17, 15) is 14.4 Å². The third-order valence-corrected chi connectivity index (χ3v) is 4.52. The van der Waals surface area contributed by atoms with Crippen molar-refractivity contribution in [3.05, 3.63) is 69.6 Å². The van der Waals surface area contributed by atoms with Crippen molar-refractivity contribution >= 4 is 11.9 Å². The number of amides is 3. The Hall–Kier alpha value is -3.33. The lowest BCUT2D eigenvalue weighted by Crippen LogP contribution is -2.49. The van der Waals surface area contributed by atoms with Crippen LogP contribution in [-0.4, -0.2) is 16.5 Å². The molecule has 0 bridgehead atoms. The summed E-state index contributed by atoms with van der Waals surface area (Å²) in [7, 11) is 0. The molecule has 6 nitrogen and oxygen atoms in total. The molecule has 144 valence electrons. The highest BCUT2D eigenvalue weighted by Gasteiger charge is 2.48. The predicted octanol–water partition coefficient (Wildman–Crippen LogP) is 2.29. The van der Waals surface area contributed by atoms with Crippen LogP contribution in [0.3, 0.4) is 0 Å². The number of pyridine rings is 1. The first kappa shape index (κ1) is 19.4. The molecule has 1 fully saturated rings. The maximum absolute atomic E-state index is 12.7. The normalized spacial score (nSPS) is 18.9. The molecule has 1 aliphatic rings. The minimum absolute atomic E-state index is 0.00188. The summed E-state index contributed by atoms with van der Waals surface area (Å²) in [5.41, 5.74) is 0.284. The molecule has 1 atom stereocenters. The van der Waals surface area contributed by atoms with Gasteiger partial charge in [-0.1, -0.05) is 30.0 Å². The van der Waals surface area contributed by atoms with Crippen LogP contribution < -0.4 is 16.2 Å². The van der Waals surface area contributed by atoms with Gasteiger partial charge in [-0.05, 0) is 51.5 Å². The molecule has 2 aromatic rings. The van der Waals surface area contributed by atoms with Gasteiger partial charge in [0.25, 0.3) is 11.5 Å². The Morgan fingerprint density at radius 3 is 2.32 bits per heavy atom. The summed E-state index contributed by atoms with van der Waals surface area (Å²) in [4.78, 5) is 37.1. The van der Waals surface area contributed by atoms with Gasteiger partial charge in [-0.25, -0.2) is 4.79 Å². The van der Waals surface area contributed by atoms with Gasteiger partial charge in [-0.2, -0.15) is 0 Å². The first-order valence-electron chi connectivity index (χ1n) is 9.04. The maximum Gasteiger partial charge on any atom is 0.322 e. The summed E-state index contributed by atoms with van der Waals surface area (Å²) in [6.45, 7) is 7.80. The number of urea groups is 1. The van der Waals surface area contributed by atoms with Gasteiger partial charge in [0.15, 0.2) is 5.54 Å². The van der Waals surface area contributed by atoms with Crippen molar-refractivity contribution in [2.24, 2.45) is 5.41 Å². The fourth-order valence-corrected chi connectivity index (χ4v) is 3.03. The van der Waals surface area contributed by atoms with Crippen molar-refractivity contribution < 1.29 is 9.59 Å². The zero-order valence-corrected chi connectivity index (χ0v) is 16.4. The molecule has 1 aromatic heterocycles. The molecule has 0 radical (unpaired) electrons. The molecule has 1 aromatic carbocycles. The van der Waals surface area contributed by atoms with Gasteiger partial charge in [-0.15, -0.1) is 0 Å². The average molecular weight is 377 g/mol. The van der Waals surface area contributed by atoms with E-state index in [4.69, 9.17) is 0 Å². The molecule has 1 saturated heterocycles. The summed E-state index contributed by atoms with van der Waals surface area (Å²) >= 11 is 0. The van der Waals surface area contributed by atoms with Crippen LogP contribution in [0.25, 0.3) is 0 Å². The number of carbonyl (C=O) groups is 2. The van der Waals surface area contributed by atoms with Crippen molar-refractivity contribution in [2.75, 3.05) is 0 Å². The fraction of sp³-hybridized carbons (Fsp3) is 0.318. The quantitative estimate of drug-likeness (QED) is 0.636. The largest absolute Gasteiger partial charge is 0.322 e. The number of imide groups is 1. The molecule has 3 rings (SSSR count). The highest BCUT2D eigenvalue weighted by Crippen LogP contribution is 2.27. The van der Waals surface area contributed by atoms with Crippen molar-refractivity contribution in [3.8, 4) is 11.8 Å². The molecular weight excluding hydrogens is 354 g/mol. The van der Waals surface area contributed by atoms with Crippen molar-refractivity contribution in [2.45, 2.75) is 39.8 Å². The van der Waals surface area contributed by atoms with E-state index in [0.29, 0.717) is 11.1 Å². The Bertz CT molecular complexity index is 1050. The SMILES string of the molecule is Cc1cccn(CC2(c3ccc(C#CC(C)(C)C)cc3)NC(=O)NC2=O)c1=O. The second kappa shape index (κ2) is 7.01. The van der Waals surface area contributed by atoms with Crippen molar-refractivity contribution in [1.82, 2.24) is 15.2 Å². The first-order chi connectivity index (χ1) is 13.1. The summed E-state index contributed by atoms with van der Waals surface area (Å²) in [5, 5.41) is 5.00. The molecule has 2 N–H and O–H groups in total. The van der Waals surface area contributed by atoms with Crippen LogP contribution in [0.15, 0.2) is 47.4 Å². The van der Waals surface area contributed by atoms with E-state index in [1.165, 1.54) is 4.57 Å². The summed E-state index contributed by atoms with van der Waals surface area (Å²) < 4.78 is 1.44. The highest BCUT2D eigenvalue weighted by atomic mass is 16.2. The number of rotatable bonds is 3. The third-order valence-electron chi connectivity index (χ3n) is 4.52. The fourth-order valence-electron chi connectivity index (χ4n) is 3.03. The molecule has 0 aliphatic carbocycles. The molecule has 0 saturated carbocycles. The molecule has 3 amide bonds. The third kappa shape index (κ3) is 3.84.